The van der Waals surface area contributed by atoms with Crippen molar-refractivity contribution in [2.75, 3.05) is 6.54 Å². The molecule has 1 N–H and O–H groups in total. The molecule has 0 bridgehead atoms. The molecule has 0 saturated heterocycles. The van der Waals surface area contributed by atoms with Crippen LogP contribution in [0.1, 0.15) is 50.3 Å². The van der Waals surface area contributed by atoms with Crippen LogP contribution in [0.5, 0.6) is 0 Å². The van der Waals surface area contributed by atoms with E-state index in [2.05, 4.69) is 52.4 Å². The average molecular weight is 459 g/mol. The van der Waals surface area contributed by atoms with Gasteiger partial charge in [0.2, 0.25) is 11.8 Å². The van der Waals surface area contributed by atoms with Crippen molar-refractivity contribution in [1.82, 2.24) is 10.2 Å². The molecule has 2 aromatic carbocycles. The van der Waals surface area contributed by atoms with Crippen LogP contribution in [0, 0.1) is 0 Å². The highest BCUT2D eigenvalue weighted by Gasteiger charge is 2.25. The monoisotopic (exact) mass is 458 g/mol. The Morgan fingerprint density at radius 1 is 0.966 bits per heavy atom. The second kappa shape index (κ2) is 11.8. The van der Waals surface area contributed by atoms with Gasteiger partial charge in [0.15, 0.2) is 0 Å². The van der Waals surface area contributed by atoms with E-state index in [1.54, 1.807) is 11.8 Å². The van der Waals surface area contributed by atoms with Crippen molar-refractivity contribution in [3.63, 3.8) is 0 Å². The minimum atomic E-state index is -0.514. The number of halogens is 1. The predicted octanol–water partition coefficient (Wildman–Crippen LogP) is 4.89. The molecule has 29 heavy (non-hydrogen) atoms. The molecule has 0 spiro atoms. The quantitative estimate of drug-likeness (QED) is 0.550. The molecule has 2 rings (SSSR count). The van der Waals surface area contributed by atoms with Crippen LogP contribution in [0.3, 0.4) is 0 Å². The smallest absolute Gasteiger partial charge is 0.242 e. The number of amides is 2. The van der Waals surface area contributed by atoms with E-state index in [1.807, 2.05) is 31.2 Å². The number of nitrogens with one attached hydrogen (secondary N) is 1. The molecule has 4 nitrogen and oxygen atoms in total. The fourth-order valence-corrected chi connectivity index (χ4v) is 3.37. The minimum absolute atomic E-state index is 0.00775. The highest BCUT2D eigenvalue weighted by molar-refractivity contribution is 9.10. The summed E-state index contributed by atoms with van der Waals surface area (Å²) in [5.74, 6) is -0.115. The fraction of sp³-hybridized carbons (Fsp3) is 0.417. The lowest BCUT2D eigenvalue weighted by molar-refractivity contribution is -0.140. The topological polar surface area (TPSA) is 49.4 Å². The molecule has 0 aliphatic carbocycles. The van der Waals surface area contributed by atoms with Gasteiger partial charge >= 0.3 is 0 Å². The van der Waals surface area contributed by atoms with Gasteiger partial charge in [0.25, 0.3) is 0 Å². The second-order valence-corrected chi connectivity index (χ2v) is 8.20. The number of carbonyl (C=O) groups is 2. The zero-order valence-corrected chi connectivity index (χ0v) is 19.2. The van der Waals surface area contributed by atoms with Gasteiger partial charge in [0.1, 0.15) is 6.04 Å². The molecule has 0 fully saturated rings. The highest BCUT2D eigenvalue weighted by atomic mass is 79.9. The van der Waals surface area contributed by atoms with Gasteiger partial charge in [-0.05, 0) is 55.0 Å². The van der Waals surface area contributed by atoms with Crippen molar-refractivity contribution in [1.29, 1.82) is 0 Å². The zero-order chi connectivity index (χ0) is 21.2. The number of aryl methyl sites for hydroxylation is 2. The van der Waals surface area contributed by atoms with Gasteiger partial charge in [-0.15, -0.1) is 0 Å². The standard InChI is InChI=1S/C24H31BrN2O2/c1-4-16-26-24(29)18(3)27(17-21-10-13-22(25)14-11-21)23(28)15-12-20-8-6-19(5-2)7-9-20/h6-11,13-14,18H,4-5,12,15-17H2,1-3H3,(H,26,29). The molecule has 0 aliphatic heterocycles. The third kappa shape index (κ3) is 7.32. The Hall–Kier alpha value is -2.14. The Kier molecular flexibility index (Phi) is 9.39. The minimum Gasteiger partial charge on any atom is -0.354 e. The molecule has 2 aromatic rings. The lowest BCUT2D eigenvalue weighted by atomic mass is 10.0. The molecule has 5 heteroatoms. The van der Waals surface area contributed by atoms with Gasteiger partial charge in [-0.3, -0.25) is 9.59 Å². The van der Waals surface area contributed by atoms with Crippen LogP contribution >= 0.6 is 15.9 Å². The summed E-state index contributed by atoms with van der Waals surface area (Å²) in [6, 6.07) is 15.7. The average Bonchev–Trinajstić information content (AvgIpc) is 2.75. The maximum atomic E-state index is 13.1. The molecule has 0 aliphatic rings. The maximum Gasteiger partial charge on any atom is 0.242 e. The van der Waals surface area contributed by atoms with Crippen LogP contribution in [-0.2, 0) is 29.0 Å². The molecule has 0 heterocycles. The molecule has 1 unspecified atom stereocenters. The van der Waals surface area contributed by atoms with Gasteiger partial charge in [0.05, 0.1) is 0 Å². The maximum absolute atomic E-state index is 13.1. The van der Waals surface area contributed by atoms with Crippen molar-refractivity contribution >= 4 is 27.7 Å². The number of rotatable bonds is 10. The van der Waals surface area contributed by atoms with Crippen LogP contribution < -0.4 is 5.32 Å². The lowest BCUT2D eigenvalue weighted by Gasteiger charge is -2.29. The van der Waals surface area contributed by atoms with Gasteiger partial charge < -0.3 is 10.2 Å². The van der Waals surface area contributed by atoms with E-state index >= 15 is 0 Å². The van der Waals surface area contributed by atoms with Crippen molar-refractivity contribution in [3.8, 4) is 0 Å². The summed E-state index contributed by atoms with van der Waals surface area (Å²) < 4.78 is 0.989. The van der Waals surface area contributed by atoms with E-state index in [-0.39, 0.29) is 11.8 Å². The number of benzene rings is 2. The lowest BCUT2D eigenvalue weighted by Crippen LogP contribution is -2.47. The summed E-state index contributed by atoms with van der Waals surface area (Å²) in [7, 11) is 0. The van der Waals surface area contributed by atoms with E-state index < -0.39 is 6.04 Å². The fourth-order valence-electron chi connectivity index (χ4n) is 3.10. The summed E-state index contributed by atoms with van der Waals surface area (Å²) in [5, 5.41) is 2.91. The van der Waals surface area contributed by atoms with Crippen LogP contribution in [0.25, 0.3) is 0 Å². The van der Waals surface area contributed by atoms with Crippen molar-refractivity contribution in [2.45, 2.75) is 59.0 Å². The first kappa shape index (κ1) is 23.1. The van der Waals surface area contributed by atoms with Crippen molar-refractivity contribution < 1.29 is 9.59 Å². The van der Waals surface area contributed by atoms with E-state index in [1.165, 1.54) is 5.56 Å². The normalized spacial score (nSPS) is 11.7. The summed E-state index contributed by atoms with van der Waals surface area (Å²) >= 11 is 3.44. The summed E-state index contributed by atoms with van der Waals surface area (Å²) in [6.07, 6.45) is 2.92. The first-order valence-electron chi connectivity index (χ1n) is 10.3. The van der Waals surface area contributed by atoms with Crippen molar-refractivity contribution in [3.05, 3.63) is 69.7 Å². The van der Waals surface area contributed by atoms with Gasteiger partial charge in [-0.2, -0.15) is 0 Å². The SMILES string of the molecule is CCCNC(=O)C(C)N(Cc1ccc(Br)cc1)C(=O)CCc1ccc(CC)cc1. The van der Waals surface area contributed by atoms with Gasteiger partial charge in [0, 0.05) is 24.0 Å². The number of nitrogens with zero attached hydrogens (tertiary/aromatic N) is 1. The Balaban J connectivity index is 2.09. The molecule has 2 amide bonds. The molecular formula is C24H31BrN2O2. The van der Waals surface area contributed by atoms with E-state index in [0.29, 0.717) is 25.9 Å². The number of hydrogen-bond donors (Lipinski definition) is 1. The van der Waals surface area contributed by atoms with Crippen LogP contribution in [0.2, 0.25) is 0 Å². The Labute approximate surface area is 182 Å². The Morgan fingerprint density at radius 3 is 2.14 bits per heavy atom. The Bertz CT molecular complexity index is 788. The summed E-state index contributed by atoms with van der Waals surface area (Å²) in [6.45, 7) is 6.98. The molecule has 0 aromatic heterocycles. The van der Waals surface area contributed by atoms with Crippen molar-refractivity contribution in [2.24, 2.45) is 0 Å². The molecule has 0 saturated carbocycles. The van der Waals surface area contributed by atoms with Gasteiger partial charge in [-0.25, -0.2) is 0 Å². The molecular weight excluding hydrogens is 428 g/mol. The predicted molar refractivity (Wildman–Crippen MR) is 122 cm³/mol. The zero-order valence-electron chi connectivity index (χ0n) is 17.6. The molecule has 1 atom stereocenters. The van der Waals surface area contributed by atoms with E-state index in [4.69, 9.17) is 0 Å². The van der Waals surface area contributed by atoms with E-state index in [9.17, 15) is 9.59 Å². The largest absolute Gasteiger partial charge is 0.354 e. The molecule has 156 valence electrons. The number of carbonyl (C=O) groups excluding carboxylic acids is 2. The third-order valence-corrected chi connectivity index (χ3v) is 5.57. The second-order valence-electron chi connectivity index (χ2n) is 7.29. The summed E-state index contributed by atoms with van der Waals surface area (Å²) in [5.41, 5.74) is 3.43. The molecule has 0 radical (unpaired) electrons. The number of hydrogen-bond acceptors (Lipinski definition) is 2. The highest BCUT2D eigenvalue weighted by Crippen LogP contribution is 2.16. The van der Waals surface area contributed by atoms with Crippen LogP contribution in [0.4, 0.5) is 0 Å². The third-order valence-electron chi connectivity index (χ3n) is 5.04. The van der Waals surface area contributed by atoms with Crippen LogP contribution in [0.15, 0.2) is 53.0 Å². The van der Waals surface area contributed by atoms with Gasteiger partial charge in [-0.1, -0.05) is 66.2 Å². The Morgan fingerprint density at radius 2 is 1.55 bits per heavy atom. The van der Waals surface area contributed by atoms with E-state index in [0.717, 1.165) is 28.4 Å². The summed E-state index contributed by atoms with van der Waals surface area (Å²) in [4.78, 5) is 27.3. The first-order chi connectivity index (χ1) is 13.9. The first-order valence-corrected chi connectivity index (χ1v) is 11.1. The van der Waals surface area contributed by atoms with Crippen LogP contribution in [-0.4, -0.2) is 29.3 Å².